The summed E-state index contributed by atoms with van der Waals surface area (Å²) < 4.78 is 21.1. The molecular formula is C77H140N8O12. The fourth-order valence-corrected chi connectivity index (χ4v) is 14.7. The second kappa shape index (κ2) is 42.1. The largest absolute Gasteiger partial charge is 0.383 e. The molecule has 0 aliphatic carbocycles. The molecule has 11 aliphatic heterocycles. The molecule has 0 aromatic heterocycles. The lowest BCUT2D eigenvalue weighted by molar-refractivity contribution is -0.196. The van der Waals surface area contributed by atoms with Crippen molar-refractivity contribution in [1.29, 1.82) is 0 Å². The molecule has 97 heavy (non-hydrogen) atoms. The highest BCUT2D eigenvalue weighted by atomic mass is 16.5. The second-order valence-electron chi connectivity index (χ2n) is 32.2. The summed E-state index contributed by atoms with van der Waals surface area (Å²) in [6.07, 6.45) is 21.3. The normalized spacial score (nSPS) is 23.7. The Labute approximate surface area is 588 Å². The van der Waals surface area contributed by atoms with Gasteiger partial charge in [0.05, 0.1) is 49.6 Å². The van der Waals surface area contributed by atoms with Crippen molar-refractivity contribution in [3.05, 3.63) is 0 Å². The zero-order valence-corrected chi connectivity index (χ0v) is 64.7. The first kappa shape index (κ1) is 85.0. The van der Waals surface area contributed by atoms with E-state index in [0.717, 1.165) is 143 Å². The maximum Gasteiger partial charge on any atom is 0.225 e. The molecule has 2 unspecified atom stereocenters. The van der Waals surface area contributed by atoms with Gasteiger partial charge in [-0.3, -0.25) is 38.4 Å². The van der Waals surface area contributed by atoms with Gasteiger partial charge in [0.15, 0.2) is 0 Å². The van der Waals surface area contributed by atoms with Crippen molar-refractivity contribution in [3.8, 4) is 0 Å². The highest BCUT2D eigenvalue weighted by Crippen LogP contribution is 2.40. The van der Waals surface area contributed by atoms with E-state index in [9.17, 15) is 38.4 Å². The van der Waals surface area contributed by atoms with Gasteiger partial charge in [0.25, 0.3) is 0 Å². The number of hydrogen-bond acceptors (Lipinski definition) is 12. The monoisotopic (exact) mass is 1370 g/mol. The van der Waals surface area contributed by atoms with E-state index in [1.54, 1.807) is 14.2 Å². The van der Waals surface area contributed by atoms with Crippen molar-refractivity contribution < 1.29 is 57.3 Å². The van der Waals surface area contributed by atoms with Gasteiger partial charge in [-0.1, -0.05) is 118 Å². The van der Waals surface area contributed by atoms with Crippen LogP contribution in [-0.4, -0.2) is 242 Å². The molecule has 0 aromatic rings. The molecule has 11 fully saturated rings. The summed E-state index contributed by atoms with van der Waals surface area (Å²) in [6, 6.07) is 1.51. The number of likely N-dealkylation sites (tertiary alicyclic amines) is 7. The van der Waals surface area contributed by atoms with Gasteiger partial charge in [-0.25, -0.2) is 0 Å². The molecule has 20 heteroatoms. The summed E-state index contributed by atoms with van der Waals surface area (Å²) >= 11 is 0. The minimum absolute atomic E-state index is 0.104. The van der Waals surface area contributed by atoms with Gasteiger partial charge in [-0.05, 0) is 121 Å². The van der Waals surface area contributed by atoms with Crippen molar-refractivity contribution >= 4 is 47.3 Å². The number of piperidine rings is 4. The Morgan fingerprint density at radius 3 is 1.12 bits per heavy atom. The predicted octanol–water partition coefficient (Wildman–Crippen LogP) is 11.1. The third-order valence-electron chi connectivity index (χ3n) is 21.0. The highest BCUT2D eigenvalue weighted by molar-refractivity contribution is 5.81. The topological polar surface area (TPSA) is 199 Å². The minimum Gasteiger partial charge on any atom is -0.383 e. The lowest BCUT2D eigenvalue weighted by Crippen LogP contribution is -2.67. The van der Waals surface area contributed by atoms with E-state index in [-0.39, 0.29) is 70.7 Å². The van der Waals surface area contributed by atoms with Crippen LogP contribution in [0.15, 0.2) is 0 Å². The zero-order valence-electron chi connectivity index (χ0n) is 64.7. The van der Waals surface area contributed by atoms with Crippen LogP contribution in [0.3, 0.4) is 0 Å². The van der Waals surface area contributed by atoms with E-state index in [1.807, 2.05) is 145 Å². The lowest BCUT2D eigenvalue weighted by atomic mass is 9.77. The van der Waals surface area contributed by atoms with Crippen molar-refractivity contribution in [1.82, 2.24) is 39.2 Å². The molecule has 11 heterocycles. The zero-order chi connectivity index (χ0) is 72.3. The van der Waals surface area contributed by atoms with Crippen molar-refractivity contribution in [2.24, 2.45) is 58.7 Å². The highest BCUT2D eigenvalue weighted by Gasteiger charge is 2.51. The Balaban J connectivity index is 0.000000236. The van der Waals surface area contributed by atoms with Crippen molar-refractivity contribution in [2.45, 2.75) is 263 Å². The third kappa shape index (κ3) is 26.8. The average Bonchev–Trinajstić information content (AvgIpc) is 1.32. The molecule has 20 nitrogen and oxygen atoms in total. The number of carbonyl (C=O) groups is 8. The summed E-state index contributed by atoms with van der Waals surface area (Å²) in [5.74, 6) is 4.36. The third-order valence-corrected chi connectivity index (χ3v) is 21.0. The first-order valence-corrected chi connectivity index (χ1v) is 38.4. The van der Waals surface area contributed by atoms with E-state index >= 15 is 0 Å². The van der Waals surface area contributed by atoms with Gasteiger partial charge in [0.2, 0.25) is 47.3 Å². The summed E-state index contributed by atoms with van der Waals surface area (Å²) in [7, 11) is 3.44. The van der Waals surface area contributed by atoms with Gasteiger partial charge in [0, 0.05) is 159 Å². The predicted molar refractivity (Wildman–Crippen MR) is 385 cm³/mol. The molecule has 11 saturated heterocycles. The van der Waals surface area contributed by atoms with Crippen LogP contribution < -0.4 is 0 Å². The molecule has 2 spiro atoms. The van der Waals surface area contributed by atoms with E-state index in [4.69, 9.17) is 18.9 Å². The van der Waals surface area contributed by atoms with E-state index in [0.29, 0.717) is 71.7 Å². The quantitative estimate of drug-likeness (QED) is 0.190. The van der Waals surface area contributed by atoms with Crippen LogP contribution in [0.1, 0.15) is 233 Å². The Morgan fingerprint density at radius 1 is 0.402 bits per heavy atom. The Kier molecular flexibility index (Phi) is 36.9. The van der Waals surface area contributed by atoms with Gasteiger partial charge >= 0.3 is 0 Å². The molecular weight excluding hydrogens is 1230 g/mol. The standard InChI is InChI=1S/C11H19NO2.C11H21NO2.C10H19NO2.C10H17NO.C9H15NO2.2C9H17NO.C8H15NO/c1-9(2)10(13)12-6-3-11(4-7-12)5-8-14-11;1-9(2)11(13)12-7-5-4-6-10(12)8-14-3;1-8(2)10(12)11-6-4-9(13-3)5-7-11;1-7(2)10(12)11-8-3-4-9(11)6-5-8;1-7(2)8(11)10-3-9(4-10)5-12-6-9;1-7(2)9(11)10-5-4-8(3)6-10;1-8(2)9(11)10-6-4-3-5-7-10;1-7(2)8(10)9-5-3-4-6-9/h9H,3-8H2,1-2H3;9-10H,4-8H2,1-3H3;8-9H,4-7H2,1-3H3;7-9H,3-6H2,1-2H3;7H,3-6H2,1-2H3;7-8H,4-6H2,1-3H3;8H,3-7H2,1-2H3;7H,3-6H2,1-2H3. The fraction of sp³-hybridized carbons (Fsp3) is 0.896. The number of nitrogens with zero attached hydrogens (tertiary/aromatic N) is 8. The van der Waals surface area contributed by atoms with Crippen LogP contribution >= 0.6 is 0 Å². The number of hydrogen-bond donors (Lipinski definition) is 0. The first-order valence-electron chi connectivity index (χ1n) is 38.4. The number of rotatable bonds is 11. The fourth-order valence-electron chi connectivity index (χ4n) is 14.7. The van der Waals surface area contributed by atoms with Crippen LogP contribution in [-0.2, 0) is 57.3 Å². The molecule has 0 saturated carbocycles. The molecule has 11 rings (SSSR count). The van der Waals surface area contributed by atoms with Crippen molar-refractivity contribution in [2.75, 3.05) is 126 Å². The van der Waals surface area contributed by atoms with Crippen LogP contribution in [0.5, 0.6) is 0 Å². The molecule has 0 radical (unpaired) electrons. The number of fused-ring (bicyclic) bond motifs is 2. The SMILES string of the molecule is CC(C)C(=O)N1C2CCC1CC2.CC(C)C(=O)N1CC2(COC2)C1.CC(C)C(=O)N1CCC2(CCO2)CC1.CC(C)C(=O)N1CCCC1.CC(C)C(=O)N1CCCCC1.CC1CCN(C(=O)C(C)C)C1.COC1CCN(C(=O)C(C)C)CC1.COCC1CCCCN1C(=O)C(C)C. The van der Waals surface area contributed by atoms with E-state index in [2.05, 4.69) is 11.8 Å². The molecule has 560 valence electrons. The summed E-state index contributed by atoms with van der Waals surface area (Å²) in [5, 5.41) is 0. The van der Waals surface area contributed by atoms with Crippen LogP contribution in [0, 0.1) is 58.7 Å². The Bertz CT molecular complexity index is 2330. The summed E-state index contributed by atoms with van der Waals surface area (Å²) in [5.41, 5.74) is 0.526. The van der Waals surface area contributed by atoms with E-state index in [1.165, 1.54) is 77.0 Å². The lowest BCUT2D eigenvalue weighted by Gasteiger charge is -2.55. The molecule has 2 bridgehead atoms. The maximum absolute atomic E-state index is 11.9. The van der Waals surface area contributed by atoms with Gasteiger partial charge in [-0.2, -0.15) is 0 Å². The van der Waals surface area contributed by atoms with Crippen molar-refractivity contribution in [3.63, 3.8) is 0 Å². The number of carbonyl (C=O) groups excluding carboxylic acids is 8. The molecule has 2 atom stereocenters. The van der Waals surface area contributed by atoms with Gasteiger partial charge < -0.3 is 58.1 Å². The second-order valence-corrected chi connectivity index (χ2v) is 32.2. The molecule has 11 aliphatic rings. The molecule has 0 aromatic carbocycles. The first-order chi connectivity index (χ1) is 45.8. The van der Waals surface area contributed by atoms with Crippen LogP contribution in [0.4, 0.5) is 0 Å². The molecule has 0 N–H and O–H groups in total. The Morgan fingerprint density at radius 2 is 0.773 bits per heavy atom. The number of amides is 8. The van der Waals surface area contributed by atoms with Crippen LogP contribution in [0.25, 0.3) is 0 Å². The minimum atomic E-state index is 0.104. The number of methoxy groups -OCH3 is 2. The maximum atomic E-state index is 11.9. The summed E-state index contributed by atoms with van der Waals surface area (Å²) in [6.45, 7) is 49.0. The Hall–Kier alpha value is -4.40. The average molecular weight is 1370 g/mol. The summed E-state index contributed by atoms with van der Waals surface area (Å²) in [4.78, 5) is 108. The molecule has 8 amide bonds. The van der Waals surface area contributed by atoms with Gasteiger partial charge in [0.1, 0.15) is 0 Å². The van der Waals surface area contributed by atoms with Gasteiger partial charge in [-0.15, -0.1) is 0 Å². The number of ether oxygens (including phenoxy) is 4. The van der Waals surface area contributed by atoms with Crippen LogP contribution in [0.2, 0.25) is 0 Å². The van der Waals surface area contributed by atoms with E-state index < -0.39 is 0 Å². The smallest absolute Gasteiger partial charge is 0.225 e.